The van der Waals surface area contributed by atoms with E-state index in [1.807, 2.05) is 12.3 Å². The Kier molecular flexibility index (Phi) is 5.96. The van der Waals surface area contributed by atoms with E-state index >= 15 is 0 Å². The standard InChI is InChI=1S/C15H27N3/c1-5-10-16-14-12-13(9-11-17-14)18-15(6-2,7-3)8-4/h9,11-12H,5-8,10H2,1-4H3,(H2,16,17,18). The second-order valence-electron chi connectivity index (χ2n) is 4.82. The van der Waals surface area contributed by atoms with E-state index in [1.54, 1.807) is 0 Å². The minimum absolute atomic E-state index is 0.212. The van der Waals surface area contributed by atoms with E-state index in [-0.39, 0.29) is 5.54 Å². The Bertz CT molecular complexity index is 337. The van der Waals surface area contributed by atoms with Crippen LogP contribution in [0, 0.1) is 0 Å². The second-order valence-corrected chi connectivity index (χ2v) is 4.82. The summed E-state index contributed by atoms with van der Waals surface area (Å²) in [6.07, 6.45) is 6.40. The van der Waals surface area contributed by atoms with Crippen molar-refractivity contribution in [3.8, 4) is 0 Å². The Morgan fingerprint density at radius 1 is 1.11 bits per heavy atom. The molecule has 1 aromatic heterocycles. The van der Waals surface area contributed by atoms with Crippen molar-refractivity contribution in [2.24, 2.45) is 0 Å². The van der Waals surface area contributed by atoms with E-state index in [0.717, 1.165) is 43.7 Å². The monoisotopic (exact) mass is 249 g/mol. The van der Waals surface area contributed by atoms with Gasteiger partial charge in [-0.2, -0.15) is 0 Å². The summed E-state index contributed by atoms with van der Waals surface area (Å²) in [7, 11) is 0. The molecule has 0 radical (unpaired) electrons. The van der Waals surface area contributed by atoms with Crippen molar-refractivity contribution in [1.82, 2.24) is 4.98 Å². The van der Waals surface area contributed by atoms with Crippen molar-refractivity contribution in [1.29, 1.82) is 0 Å². The summed E-state index contributed by atoms with van der Waals surface area (Å²) in [6.45, 7) is 9.87. The van der Waals surface area contributed by atoms with Crippen LogP contribution in [-0.2, 0) is 0 Å². The van der Waals surface area contributed by atoms with Gasteiger partial charge in [0, 0.05) is 30.0 Å². The summed E-state index contributed by atoms with van der Waals surface area (Å²) in [6, 6.07) is 4.15. The molecule has 0 fully saturated rings. The highest BCUT2D eigenvalue weighted by Crippen LogP contribution is 2.26. The summed E-state index contributed by atoms with van der Waals surface area (Å²) < 4.78 is 0. The van der Waals surface area contributed by atoms with Gasteiger partial charge in [0.25, 0.3) is 0 Å². The number of hydrogen-bond donors (Lipinski definition) is 2. The molecule has 1 aromatic rings. The van der Waals surface area contributed by atoms with E-state index in [4.69, 9.17) is 0 Å². The largest absolute Gasteiger partial charge is 0.379 e. The first-order valence-electron chi connectivity index (χ1n) is 7.17. The van der Waals surface area contributed by atoms with Crippen LogP contribution in [0.2, 0.25) is 0 Å². The van der Waals surface area contributed by atoms with Gasteiger partial charge in [0.15, 0.2) is 0 Å². The van der Waals surface area contributed by atoms with E-state index in [9.17, 15) is 0 Å². The van der Waals surface area contributed by atoms with Gasteiger partial charge in [0.1, 0.15) is 5.82 Å². The van der Waals surface area contributed by atoms with Crippen LogP contribution in [0.4, 0.5) is 11.5 Å². The lowest BCUT2D eigenvalue weighted by molar-refractivity contribution is 0.420. The van der Waals surface area contributed by atoms with Gasteiger partial charge >= 0.3 is 0 Å². The Hall–Kier alpha value is -1.25. The van der Waals surface area contributed by atoms with Gasteiger partial charge in [-0.05, 0) is 31.7 Å². The molecule has 0 saturated heterocycles. The average Bonchev–Trinajstić information content (AvgIpc) is 2.43. The number of anilines is 2. The van der Waals surface area contributed by atoms with Gasteiger partial charge in [-0.25, -0.2) is 4.98 Å². The number of pyridine rings is 1. The zero-order valence-corrected chi connectivity index (χ0v) is 12.2. The first-order valence-corrected chi connectivity index (χ1v) is 7.17. The molecular formula is C15H27N3. The Morgan fingerprint density at radius 2 is 1.78 bits per heavy atom. The fourth-order valence-corrected chi connectivity index (χ4v) is 2.18. The Balaban J connectivity index is 2.77. The molecule has 1 rings (SSSR count). The molecule has 0 bridgehead atoms. The van der Waals surface area contributed by atoms with Crippen LogP contribution in [0.5, 0.6) is 0 Å². The molecule has 102 valence electrons. The molecule has 3 heteroatoms. The van der Waals surface area contributed by atoms with Gasteiger partial charge in [-0.15, -0.1) is 0 Å². The molecule has 0 amide bonds. The molecular weight excluding hydrogens is 222 g/mol. The topological polar surface area (TPSA) is 37.0 Å². The van der Waals surface area contributed by atoms with E-state index < -0.39 is 0 Å². The third kappa shape index (κ3) is 3.90. The molecule has 0 atom stereocenters. The molecule has 0 aliphatic heterocycles. The van der Waals surface area contributed by atoms with E-state index in [2.05, 4.69) is 49.4 Å². The van der Waals surface area contributed by atoms with Crippen molar-refractivity contribution in [2.45, 2.75) is 58.9 Å². The smallest absolute Gasteiger partial charge is 0.127 e. The number of rotatable bonds is 8. The van der Waals surface area contributed by atoms with Gasteiger partial charge in [0.2, 0.25) is 0 Å². The number of hydrogen-bond acceptors (Lipinski definition) is 3. The third-order valence-electron chi connectivity index (χ3n) is 3.76. The number of aromatic nitrogens is 1. The molecule has 3 nitrogen and oxygen atoms in total. The maximum absolute atomic E-state index is 4.33. The first-order chi connectivity index (χ1) is 8.69. The maximum atomic E-state index is 4.33. The third-order valence-corrected chi connectivity index (χ3v) is 3.76. The molecule has 0 spiro atoms. The molecule has 0 unspecified atom stereocenters. The summed E-state index contributed by atoms with van der Waals surface area (Å²) in [5, 5.41) is 7.00. The summed E-state index contributed by atoms with van der Waals surface area (Å²) in [5.41, 5.74) is 1.37. The quantitative estimate of drug-likeness (QED) is 0.722. The molecule has 0 aromatic carbocycles. The second kappa shape index (κ2) is 7.24. The summed E-state index contributed by atoms with van der Waals surface area (Å²) >= 11 is 0. The Labute approximate surface area is 111 Å². The SMILES string of the molecule is CCCNc1cc(NC(CC)(CC)CC)ccn1. The van der Waals surface area contributed by atoms with E-state index in [0.29, 0.717) is 0 Å². The van der Waals surface area contributed by atoms with Crippen LogP contribution in [0.15, 0.2) is 18.3 Å². The normalized spacial score (nSPS) is 11.3. The van der Waals surface area contributed by atoms with Gasteiger partial charge < -0.3 is 10.6 Å². The van der Waals surface area contributed by atoms with Crippen molar-refractivity contribution >= 4 is 11.5 Å². The molecule has 0 aliphatic carbocycles. The minimum Gasteiger partial charge on any atom is -0.379 e. The summed E-state index contributed by atoms with van der Waals surface area (Å²) in [4.78, 5) is 4.33. The highest BCUT2D eigenvalue weighted by Gasteiger charge is 2.23. The average molecular weight is 249 g/mol. The predicted octanol–water partition coefficient (Wildman–Crippen LogP) is 4.28. The molecule has 1 heterocycles. The van der Waals surface area contributed by atoms with Crippen molar-refractivity contribution < 1.29 is 0 Å². The fraction of sp³-hybridized carbons (Fsp3) is 0.667. The first kappa shape index (κ1) is 14.8. The van der Waals surface area contributed by atoms with Crippen LogP contribution < -0.4 is 10.6 Å². The minimum atomic E-state index is 0.212. The maximum Gasteiger partial charge on any atom is 0.127 e. The molecule has 0 aliphatic rings. The van der Waals surface area contributed by atoms with Crippen molar-refractivity contribution in [3.63, 3.8) is 0 Å². The van der Waals surface area contributed by atoms with Gasteiger partial charge in [-0.1, -0.05) is 27.7 Å². The van der Waals surface area contributed by atoms with Gasteiger partial charge in [-0.3, -0.25) is 0 Å². The van der Waals surface area contributed by atoms with Crippen LogP contribution in [0.1, 0.15) is 53.4 Å². The van der Waals surface area contributed by atoms with Crippen LogP contribution in [0.3, 0.4) is 0 Å². The molecule has 18 heavy (non-hydrogen) atoms. The fourth-order valence-electron chi connectivity index (χ4n) is 2.18. The van der Waals surface area contributed by atoms with E-state index in [1.165, 1.54) is 0 Å². The molecule has 2 N–H and O–H groups in total. The number of nitrogens with zero attached hydrogens (tertiary/aromatic N) is 1. The summed E-state index contributed by atoms with van der Waals surface area (Å²) in [5.74, 6) is 0.957. The highest BCUT2D eigenvalue weighted by atomic mass is 15.0. The zero-order valence-electron chi connectivity index (χ0n) is 12.2. The highest BCUT2D eigenvalue weighted by molar-refractivity contribution is 5.53. The van der Waals surface area contributed by atoms with Crippen LogP contribution in [0.25, 0.3) is 0 Å². The van der Waals surface area contributed by atoms with Crippen LogP contribution >= 0.6 is 0 Å². The van der Waals surface area contributed by atoms with Crippen LogP contribution in [-0.4, -0.2) is 17.1 Å². The lowest BCUT2D eigenvalue weighted by Gasteiger charge is -2.33. The van der Waals surface area contributed by atoms with Crippen molar-refractivity contribution in [3.05, 3.63) is 18.3 Å². The van der Waals surface area contributed by atoms with Gasteiger partial charge in [0.05, 0.1) is 0 Å². The molecule has 0 saturated carbocycles. The predicted molar refractivity (Wildman–Crippen MR) is 80.2 cm³/mol. The Morgan fingerprint density at radius 3 is 2.33 bits per heavy atom. The lowest BCUT2D eigenvalue weighted by atomic mass is 9.89. The number of nitrogens with one attached hydrogen (secondary N) is 2. The zero-order chi connectivity index (χ0) is 13.4. The van der Waals surface area contributed by atoms with Crippen molar-refractivity contribution in [2.75, 3.05) is 17.2 Å². The lowest BCUT2D eigenvalue weighted by Crippen LogP contribution is -2.36.